The van der Waals surface area contributed by atoms with E-state index in [1.165, 1.54) is 6.33 Å². The van der Waals surface area contributed by atoms with Crippen LogP contribution in [0.4, 0.5) is 19.0 Å². The summed E-state index contributed by atoms with van der Waals surface area (Å²) >= 11 is 0. The molecule has 0 amide bonds. The lowest BCUT2D eigenvalue weighted by Crippen LogP contribution is -2.58. The first-order chi connectivity index (χ1) is 15.9. The lowest BCUT2D eigenvalue weighted by atomic mass is 9.82. The summed E-state index contributed by atoms with van der Waals surface area (Å²) in [5.41, 5.74) is 1.20. The number of aromatic amines is 1. The van der Waals surface area contributed by atoms with Crippen molar-refractivity contribution in [2.24, 2.45) is 0 Å². The zero-order valence-electron chi connectivity index (χ0n) is 18.3. The number of hydrogen-bond acceptors (Lipinski definition) is 5. The summed E-state index contributed by atoms with van der Waals surface area (Å²) in [7, 11) is 0. The molecule has 2 saturated heterocycles. The van der Waals surface area contributed by atoms with E-state index in [-0.39, 0.29) is 17.7 Å². The van der Waals surface area contributed by atoms with Crippen LogP contribution in [-0.2, 0) is 10.9 Å². The Kier molecular flexibility index (Phi) is 5.67. The second-order valence-electron chi connectivity index (χ2n) is 8.84. The summed E-state index contributed by atoms with van der Waals surface area (Å²) in [6.45, 7) is 3.34. The van der Waals surface area contributed by atoms with Gasteiger partial charge in [-0.15, -0.1) is 6.42 Å². The van der Waals surface area contributed by atoms with Gasteiger partial charge in [0.2, 0.25) is 0 Å². The van der Waals surface area contributed by atoms with Gasteiger partial charge in [0.05, 0.1) is 24.6 Å². The molecule has 3 aliphatic rings. The number of terminal acetylenes is 1. The van der Waals surface area contributed by atoms with Crippen LogP contribution in [0, 0.1) is 12.3 Å². The number of morpholine rings is 1. The Morgan fingerprint density at radius 2 is 2.00 bits per heavy atom. The summed E-state index contributed by atoms with van der Waals surface area (Å²) in [5.74, 6) is 3.20. The molecule has 1 aliphatic carbocycles. The maximum Gasteiger partial charge on any atom is 0.431 e. The molecule has 0 aromatic carbocycles. The lowest BCUT2D eigenvalue weighted by molar-refractivity contribution is -0.140. The Balaban J connectivity index is 1.57. The third-order valence-electron chi connectivity index (χ3n) is 6.98. The number of rotatable bonds is 4. The number of H-pyrrole nitrogens is 1. The van der Waals surface area contributed by atoms with Crippen LogP contribution >= 0.6 is 0 Å². The second kappa shape index (κ2) is 8.50. The molecule has 33 heavy (non-hydrogen) atoms. The van der Waals surface area contributed by atoms with E-state index in [0.29, 0.717) is 36.5 Å². The SMILES string of the molecule is C#CC1=C(/C=C\C)[C@H](Nc2ncnc3[nH]c(C(F)(F)F)cc23)[C@@H](N2C3CCC2COC3)CC1. The highest BCUT2D eigenvalue weighted by atomic mass is 19.4. The van der Waals surface area contributed by atoms with Crippen LogP contribution in [0.1, 0.15) is 38.3 Å². The van der Waals surface area contributed by atoms with Crippen molar-refractivity contribution < 1.29 is 17.9 Å². The molecular weight excluding hydrogens is 431 g/mol. The number of aromatic nitrogens is 3. The zero-order valence-corrected chi connectivity index (χ0v) is 18.3. The highest BCUT2D eigenvalue weighted by molar-refractivity contribution is 5.88. The Bertz CT molecular complexity index is 1130. The summed E-state index contributed by atoms with van der Waals surface area (Å²) in [6, 6.07) is 1.65. The molecule has 2 aliphatic heterocycles. The molecule has 6 nitrogen and oxygen atoms in total. The van der Waals surface area contributed by atoms with Gasteiger partial charge in [-0.05, 0) is 44.2 Å². The van der Waals surface area contributed by atoms with Crippen molar-refractivity contribution in [3.05, 3.63) is 41.4 Å². The van der Waals surface area contributed by atoms with Crippen molar-refractivity contribution in [2.75, 3.05) is 18.5 Å². The molecule has 5 rings (SSSR count). The third-order valence-corrected chi connectivity index (χ3v) is 6.98. The molecule has 4 heterocycles. The first-order valence-electron chi connectivity index (χ1n) is 11.3. The highest BCUT2D eigenvalue weighted by Gasteiger charge is 2.46. The molecule has 2 N–H and O–H groups in total. The van der Waals surface area contributed by atoms with Gasteiger partial charge in [-0.3, -0.25) is 4.90 Å². The topological polar surface area (TPSA) is 66.1 Å². The van der Waals surface area contributed by atoms with E-state index in [1.807, 2.05) is 19.1 Å². The van der Waals surface area contributed by atoms with Crippen LogP contribution in [0.25, 0.3) is 11.0 Å². The molecule has 0 saturated carbocycles. The number of ether oxygens (including phenoxy) is 1. The largest absolute Gasteiger partial charge is 0.431 e. The van der Waals surface area contributed by atoms with Crippen LogP contribution in [0.2, 0.25) is 0 Å². The van der Waals surface area contributed by atoms with Crippen LogP contribution in [-0.4, -0.2) is 57.2 Å². The number of alkyl halides is 3. The fourth-order valence-corrected chi connectivity index (χ4v) is 5.59. The molecule has 0 spiro atoms. The molecule has 4 atom stereocenters. The average Bonchev–Trinajstić information content (AvgIpc) is 3.34. The molecule has 2 aromatic rings. The van der Waals surface area contributed by atoms with E-state index in [0.717, 1.165) is 42.9 Å². The number of nitrogens with one attached hydrogen (secondary N) is 2. The smallest absolute Gasteiger partial charge is 0.378 e. The van der Waals surface area contributed by atoms with Crippen molar-refractivity contribution in [3.8, 4) is 12.3 Å². The maximum absolute atomic E-state index is 13.3. The van der Waals surface area contributed by atoms with Crippen molar-refractivity contribution in [1.29, 1.82) is 0 Å². The molecule has 9 heteroatoms. The van der Waals surface area contributed by atoms with Gasteiger partial charge in [0.25, 0.3) is 0 Å². The fourth-order valence-electron chi connectivity index (χ4n) is 5.59. The van der Waals surface area contributed by atoms with Gasteiger partial charge in [0.1, 0.15) is 23.5 Å². The zero-order chi connectivity index (χ0) is 23.2. The number of hydrogen-bond donors (Lipinski definition) is 2. The highest BCUT2D eigenvalue weighted by Crippen LogP contribution is 2.40. The quantitative estimate of drug-likeness (QED) is 0.671. The summed E-state index contributed by atoms with van der Waals surface area (Å²) in [5, 5.41) is 3.79. The van der Waals surface area contributed by atoms with E-state index in [1.54, 1.807) is 0 Å². The monoisotopic (exact) mass is 457 g/mol. The van der Waals surface area contributed by atoms with Crippen LogP contribution in [0.15, 0.2) is 35.7 Å². The van der Waals surface area contributed by atoms with E-state index in [2.05, 4.69) is 31.1 Å². The number of fused-ring (bicyclic) bond motifs is 3. The molecule has 2 unspecified atom stereocenters. The predicted molar refractivity (Wildman–Crippen MR) is 119 cm³/mol. The lowest BCUT2D eigenvalue weighted by Gasteiger charge is -2.46. The molecule has 2 fully saturated rings. The van der Waals surface area contributed by atoms with E-state index in [9.17, 15) is 13.2 Å². The number of anilines is 1. The van der Waals surface area contributed by atoms with Crippen molar-refractivity contribution in [1.82, 2.24) is 19.9 Å². The van der Waals surface area contributed by atoms with Crippen molar-refractivity contribution in [3.63, 3.8) is 0 Å². The predicted octanol–water partition coefficient (Wildman–Crippen LogP) is 4.29. The average molecular weight is 458 g/mol. The molecule has 174 valence electrons. The maximum atomic E-state index is 13.3. The minimum absolute atomic E-state index is 0.126. The van der Waals surface area contributed by atoms with Crippen LogP contribution < -0.4 is 5.32 Å². The second-order valence-corrected chi connectivity index (χ2v) is 8.84. The van der Waals surface area contributed by atoms with Gasteiger partial charge in [-0.25, -0.2) is 9.97 Å². The van der Waals surface area contributed by atoms with E-state index >= 15 is 0 Å². The molecular formula is C24H26F3N5O. The van der Waals surface area contributed by atoms with Gasteiger partial charge in [-0.2, -0.15) is 13.2 Å². The Labute approximate surface area is 190 Å². The number of halogens is 3. The normalized spacial score (nSPS) is 28.6. The Hall–Kier alpha value is -2.83. The summed E-state index contributed by atoms with van der Waals surface area (Å²) in [6.07, 6.45) is 10.4. The minimum Gasteiger partial charge on any atom is -0.378 e. The van der Waals surface area contributed by atoms with Gasteiger partial charge in [0.15, 0.2) is 0 Å². The third kappa shape index (κ3) is 3.91. The first kappa shape index (κ1) is 22.0. The summed E-state index contributed by atoms with van der Waals surface area (Å²) < 4.78 is 45.7. The standard InChI is InChI=1S/C24H26F3N5O/c1-3-5-17-14(4-2)6-9-19(32-15-7-8-16(32)12-33-11-15)21(17)31-23-18-10-20(24(25,26)27)30-22(18)28-13-29-23/h2-3,5,10,13,15-16,19,21H,6-9,11-12H2,1H3,(H2,28,29,30,31)/b5-3-/t15?,16?,19-,21-/m0/s1. The number of allylic oxidation sites excluding steroid dienone is 2. The minimum atomic E-state index is -4.50. The Morgan fingerprint density at radius 1 is 1.24 bits per heavy atom. The van der Waals surface area contributed by atoms with Crippen molar-refractivity contribution >= 4 is 16.9 Å². The molecule has 2 aromatic heterocycles. The van der Waals surface area contributed by atoms with Gasteiger partial charge < -0.3 is 15.0 Å². The van der Waals surface area contributed by atoms with Crippen molar-refractivity contribution in [2.45, 2.75) is 63.0 Å². The van der Waals surface area contributed by atoms with E-state index in [4.69, 9.17) is 11.2 Å². The molecule has 2 bridgehead atoms. The molecule has 0 radical (unpaired) electrons. The first-order valence-corrected chi connectivity index (χ1v) is 11.3. The van der Waals surface area contributed by atoms with Crippen LogP contribution in [0.5, 0.6) is 0 Å². The Morgan fingerprint density at radius 3 is 2.67 bits per heavy atom. The summed E-state index contributed by atoms with van der Waals surface area (Å²) in [4.78, 5) is 13.2. The van der Waals surface area contributed by atoms with Gasteiger partial charge in [0, 0.05) is 23.7 Å². The van der Waals surface area contributed by atoms with Gasteiger partial charge >= 0.3 is 6.18 Å². The fraction of sp³-hybridized carbons (Fsp3) is 0.500. The van der Waals surface area contributed by atoms with Gasteiger partial charge in [-0.1, -0.05) is 18.1 Å². The van der Waals surface area contributed by atoms with E-state index < -0.39 is 11.9 Å². The number of nitrogens with zero attached hydrogens (tertiary/aromatic N) is 3. The van der Waals surface area contributed by atoms with Crippen LogP contribution in [0.3, 0.4) is 0 Å².